The van der Waals surface area contributed by atoms with Gasteiger partial charge in [0.05, 0.1) is 19.8 Å². The van der Waals surface area contributed by atoms with Crippen molar-refractivity contribution in [3.05, 3.63) is 0 Å². The smallest absolute Gasteiger partial charge is 0.356 e. The SMILES string of the molecule is CCOC(=O)C[S+]1CCOCC1. The fourth-order valence-electron chi connectivity index (χ4n) is 1.07. The minimum absolute atomic E-state index is 0.0530. The molecule has 0 atom stereocenters. The topological polar surface area (TPSA) is 35.5 Å². The van der Waals surface area contributed by atoms with Gasteiger partial charge in [0, 0.05) is 10.9 Å². The third-order valence-electron chi connectivity index (χ3n) is 1.66. The maximum absolute atomic E-state index is 11.1. The van der Waals surface area contributed by atoms with Crippen LogP contribution in [0.2, 0.25) is 0 Å². The lowest BCUT2D eigenvalue weighted by molar-refractivity contribution is -0.139. The highest BCUT2D eigenvalue weighted by molar-refractivity contribution is 7.97. The Morgan fingerprint density at radius 2 is 2.17 bits per heavy atom. The summed E-state index contributed by atoms with van der Waals surface area (Å²) in [6, 6.07) is 0. The van der Waals surface area contributed by atoms with Crippen molar-refractivity contribution in [1.29, 1.82) is 0 Å². The summed E-state index contributed by atoms with van der Waals surface area (Å²) in [5, 5.41) is 0. The number of hydrogen-bond donors (Lipinski definition) is 0. The van der Waals surface area contributed by atoms with Crippen LogP contribution < -0.4 is 0 Å². The van der Waals surface area contributed by atoms with Gasteiger partial charge in [-0.3, -0.25) is 0 Å². The average molecular weight is 191 g/mol. The molecule has 0 N–H and O–H groups in total. The highest BCUT2D eigenvalue weighted by Crippen LogP contribution is 2.04. The van der Waals surface area contributed by atoms with Crippen LogP contribution in [0.1, 0.15) is 6.92 Å². The van der Waals surface area contributed by atoms with Crippen molar-refractivity contribution in [3.8, 4) is 0 Å². The predicted molar refractivity (Wildman–Crippen MR) is 49.4 cm³/mol. The van der Waals surface area contributed by atoms with Crippen molar-refractivity contribution in [2.75, 3.05) is 37.1 Å². The molecular weight excluding hydrogens is 176 g/mol. The molecule has 0 amide bonds. The van der Waals surface area contributed by atoms with Gasteiger partial charge in [0.1, 0.15) is 11.5 Å². The van der Waals surface area contributed by atoms with E-state index in [2.05, 4.69) is 0 Å². The molecule has 1 aliphatic rings. The van der Waals surface area contributed by atoms with Crippen LogP contribution in [0.5, 0.6) is 0 Å². The Morgan fingerprint density at radius 3 is 2.75 bits per heavy atom. The summed E-state index contributed by atoms with van der Waals surface area (Å²) >= 11 is 0. The first-order chi connectivity index (χ1) is 5.83. The molecule has 0 radical (unpaired) electrons. The first-order valence-corrected chi connectivity index (χ1v) is 5.93. The van der Waals surface area contributed by atoms with Crippen LogP contribution in [-0.4, -0.2) is 43.0 Å². The molecule has 0 unspecified atom stereocenters. The van der Waals surface area contributed by atoms with E-state index in [1.807, 2.05) is 6.92 Å². The number of carbonyl (C=O) groups excluding carboxylic acids is 1. The molecule has 1 heterocycles. The van der Waals surface area contributed by atoms with E-state index >= 15 is 0 Å². The maximum atomic E-state index is 11.1. The van der Waals surface area contributed by atoms with Crippen LogP contribution in [0, 0.1) is 0 Å². The minimum Gasteiger partial charge on any atom is -0.463 e. The van der Waals surface area contributed by atoms with Crippen molar-refractivity contribution < 1.29 is 14.3 Å². The predicted octanol–water partition coefficient (Wildman–Crippen LogP) is 0.198. The van der Waals surface area contributed by atoms with Crippen LogP contribution >= 0.6 is 0 Å². The molecule has 3 nitrogen and oxygen atoms in total. The Kier molecular flexibility index (Phi) is 4.46. The molecule has 1 rings (SSSR count). The number of esters is 1. The normalized spacial score (nSPS) is 19.1. The van der Waals surface area contributed by atoms with Crippen molar-refractivity contribution in [3.63, 3.8) is 0 Å². The Morgan fingerprint density at radius 1 is 1.50 bits per heavy atom. The molecule has 0 saturated carbocycles. The molecule has 1 aliphatic heterocycles. The van der Waals surface area contributed by atoms with Crippen molar-refractivity contribution in [2.45, 2.75) is 6.92 Å². The van der Waals surface area contributed by atoms with E-state index in [4.69, 9.17) is 9.47 Å². The van der Waals surface area contributed by atoms with E-state index in [1.54, 1.807) is 0 Å². The number of carbonyl (C=O) groups is 1. The molecule has 4 heteroatoms. The maximum Gasteiger partial charge on any atom is 0.356 e. The van der Waals surface area contributed by atoms with Crippen LogP contribution in [0.25, 0.3) is 0 Å². The highest BCUT2D eigenvalue weighted by atomic mass is 32.2. The summed E-state index contributed by atoms with van der Waals surface area (Å²) in [7, 11) is 0.224. The zero-order valence-corrected chi connectivity index (χ0v) is 8.19. The third-order valence-corrected chi connectivity index (χ3v) is 3.79. The molecule has 0 bridgehead atoms. The first-order valence-electron chi connectivity index (χ1n) is 4.20. The zero-order valence-electron chi connectivity index (χ0n) is 7.38. The van der Waals surface area contributed by atoms with Gasteiger partial charge in [0.2, 0.25) is 5.75 Å². The van der Waals surface area contributed by atoms with Gasteiger partial charge < -0.3 is 9.47 Å². The van der Waals surface area contributed by atoms with Gasteiger partial charge in [0.15, 0.2) is 0 Å². The van der Waals surface area contributed by atoms with Crippen LogP contribution in [0.15, 0.2) is 0 Å². The second kappa shape index (κ2) is 5.43. The van der Waals surface area contributed by atoms with Gasteiger partial charge in [0.25, 0.3) is 0 Å². The summed E-state index contributed by atoms with van der Waals surface area (Å²) in [5.74, 6) is 2.59. The number of ether oxygens (including phenoxy) is 2. The number of hydrogen-bond acceptors (Lipinski definition) is 3. The van der Waals surface area contributed by atoms with Gasteiger partial charge in [-0.1, -0.05) is 0 Å². The second-order valence-electron chi connectivity index (χ2n) is 2.58. The zero-order chi connectivity index (χ0) is 8.81. The first kappa shape index (κ1) is 9.86. The van der Waals surface area contributed by atoms with E-state index < -0.39 is 0 Å². The lowest BCUT2D eigenvalue weighted by atomic mass is 10.7. The summed E-state index contributed by atoms with van der Waals surface area (Å²) in [4.78, 5) is 11.1. The van der Waals surface area contributed by atoms with Crippen molar-refractivity contribution in [2.24, 2.45) is 0 Å². The molecule has 0 spiro atoms. The van der Waals surface area contributed by atoms with Gasteiger partial charge in [-0.05, 0) is 6.92 Å². The van der Waals surface area contributed by atoms with E-state index in [9.17, 15) is 4.79 Å². The minimum atomic E-state index is -0.0530. The van der Waals surface area contributed by atoms with Gasteiger partial charge >= 0.3 is 5.97 Å². The molecule has 12 heavy (non-hydrogen) atoms. The van der Waals surface area contributed by atoms with Crippen LogP contribution in [-0.2, 0) is 25.2 Å². The summed E-state index contributed by atoms with van der Waals surface area (Å²) in [6.07, 6.45) is 0. The van der Waals surface area contributed by atoms with E-state index in [1.165, 1.54) is 0 Å². The van der Waals surface area contributed by atoms with Gasteiger partial charge in [-0.15, -0.1) is 0 Å². The molecule has 70 valence electrons. The Labute approximate surface area is 75.8 Å². The Bertz CT molecular complexity index is 143. The number of rotatable bonds is 3. The Hall–Kier alpha value is -0.220. The lowest BCUT2D eigenvalue weighted by Gasteiger charge is -2.13. The highest BCUT2D eigenvalue weighted by Gasteiger charge is 2.25. The third kappa shape index (κ3) is 3.45. The molecule has 0 aromatic carbocycles. The largest absolute Gasteiger partial charge is 0.463 e. The van der Waals surface area contributed by atoms with E-state index in [-0.39, 0.29) is 16.9 Å². The molecular formula is C8H15O3S+. The molecule has 0 aliphatic carbocycles. The fourth-order valence-corrected chi connectivity index (χ4v) is 2.69. The second-order valence-corrected chi connectivity index (χ2v) is 4.91. The van der Waals surface area contributed by atoms with Gasteiger partial charge in [-0.2, -0.15) is 0 Å². The van der Waals surface area contributed by atoms with Crippen LogP contribution in [0.3, 0.4) is 0 Å². The van der Waals surface area contributed by atoms with Crippen LogP contribution in [0.4, 0.5) is 0 Å². The molecule has 1 fully saturated rings. The van der Waals surface area contributed by atoms with E-state index in [0.717, 1.165) is 24.7 Å². The van der Waals surface area contributed by atoms with Crippen molar-refractivity contribution >= 4 is 16.9 Å². The van der Waals surface area contributed by atoms with Gasteiger partial charge in [-0.25, -0.2) is 4.79 Å². The molecule has 1 saturated heterocycles. The lowest BCUT2D eigenvalue weighted by Crippen LogP contribution is -2.32. The summed E-state index contributed by atoms with van der Waals surface area (Å²) in [6.45, 7) is 3.95. The average Bonchev–Trinajstić information content (AvgIpc) is 2.06. The summed E-state index contributed by atoms with van der Waals surface area (Å²) in [5.41, 5.74) is 0. The standard InChI is InChI=1S/C8H15O3S/c1-2-11-8(9)7-12-5-3-10-4-6-12/h2-7H2,1H3/q+1. The monoisotopic (exact) mass is 191 g/mol. The molecule has 0 aromatic heterocycles. The Balaban J connectivity index is 2.15. The van der Waals surface area contributed by atoms with E-state index in [0.29, 0.717) is 12.4 Å². The molecule has 0 aromatic rings. The fraction of sp³-hybridized carbons (Fsp3) is 0.875. The quantitative estimate of drug-likeness (QED) is 0.472. The summed E-state index contributed by atoms with van der Waals surface area (Å²) < 4.78 is 10.1. The van der Waals surface area contributed by atoms with Crippen molar-refractivity contribution in [1.82, 2.24) is 0 Å².